The topological polar surface area (TPSA) is 95.5 Å². The minimum absolute atomic E-state index is 0.589. The predicted octanol–water partition coefficient (Wildman–Crippen LogP) is -0.764. The molecule has 0 aromatic rings. The molecule has 0 aromatic carbocycles. The number of hydrogen-bond donors (Lipinski definition) is 1. The SMILES string of the molecule is COC(=O)/C(=C\N)[N+](=O)[O-]. The average molecular weight is 146 g/mol. The number of hydrogen-bond acceptors (Lipinski definition) is 5. The maximum atomic E-state index is 10.4. The molecule has 6 nitrogen and oxygen atoms in total. The summed E-state index contributed by atoms with van der Waals surface area (Å²) in [6, 6.07) is 0. The van der Waals surface area contributed by atoms with Crippen molar-refractivity contribution in [2.45, 2.75) is 0 Å². The Morgan fingerprint density at radius 1 is 1.80 bits per heavy atom. The second-order valence-corrected chi connectivity index (χ2v) is 1.30. The monoisotopic (exact) mass is 146 g/mol. The van der Waals surface area contributed by atoms with Crippen molar-refractivity contribution >= 4 is 5.97 Å². The summed E-state index contributed by atoms with van der Waals surface area (Å²) in [5.41, 5.74) is 3.98. The Labute approximate surface area is 56.4 Å². The zero-order valence-corrected chi connectivity index (χ0v) is 5.23. The van der Waals surface area contributed by atoms with E-state index < -0.39 is 16.6 Å². The number of carbonyl (C=O) groups is 1. The third kappa shape index (κ3) is 1.73. The molecule has 0 amide bonds. The van der Waals surface area contributed by atoms with Gasteiger partial charge in [0.05, 0.1) is 18.2 Å². The summed E-state index contributed by atoms with van der Waals surface area (Å²) < 4.78 is 4.04. The van der Waals surface area contributed by atoms with E-state index in [4.69, 9.17) is 5.73 Å². The molecule has 6 heteroatoms. The van der Waals surface area contributed by atoms with E-state index in [1.54, 1.807) is 0 Å². The highest BCUT2D eigenvalue weighted by atomic mass is 16.6. The van der Waals surface area contributed by atoms with Crippen LogP contribution in [0, 0.1) is 10.1 Å². The zero-order chi connectivity index (χ0) is 8.15. The van der Waals surface area contributed by atoms with E-state index in [1.807, 2.05) is 0 Å². The summed E-state index contributed by atoms with van der Waals surface area (Å²) in [5.74, 6) is -1.05. The summed E-state index contributed by atoms with van der Waals surface area (Å²) >= 11 is 0. The molecule has 0 saturated carbocycles. The average Bonchev–Trinajstić information content (AvgIpc) is 1.88. The predicted molar refractivity (Wildman–Crippen MR) is 31.3 cm³/mol. The molecule has 0 rings (SSSR count). The number of nitro groups is 1. The van der Waals surface area contributed by atoms with Crippen molar-refractivity contribution < 1.29 is 14.5 Å². The summed E-state index contributed by atoms with van der Waals surface area (Å²) in [4.78, 5) is 19.3. The van der Waals surface area contributed by atoms with Crippen LogP contribution >= 0.6 is 0 Å². The number of nitrogens with zero attached hydrogens (tertiary/aromatic N) is 1. The van der Waals surface area contributed by atoms with Gasteiger partial charge in [-0.15, -0.1) is 0 Å². The largest absolute Gasteiger partial charge is 0.461 e. The summed E-state index contributed by atoms with van der Waals surface area (Å²) in [5, 5.41) is 9.89. The summed E-state index contributed by atoms with van der Waals surface area (Å²) in [6.07, 6.45) is 0.589. The van der Waals surface area contributed by atoms with E-state index in [-0.39, 0.29) is 0 Å². The lowest BCUT2D eigenvalue weighted by molar-refractivity contribution is -0.421. The highest BCUT2D eigenvalue weighted by Crippen LogP contribution is 1.94. The van der Waals surface area contributed by atoms with Crippen LogP contribution in [-0.4, -0.2) is 18.0 Å². The fourth-order valence-electron chi connectivity index (χ4n) is 0.308. The van der Waals surface area contributed by atoms with Crippen LogP contribution in [-0.2, 0) is 9.53 Å². The molecule has 2 N–H and O–H groups in total. The quantitative estimate of drug-likeness (QED) is 0.239. The van der Waals surface area contributed by atoms with Crippen molar-refractivity contribution in [1.82, 2.24) is 0 Å². The molecule has 0 heterocycles. The molecule has 0 fully saturated rings. The van der Waals surface area contributed by atoms with Gasteiger partial charge in [-0.1, -0.05) is 0 Å². The molecule has 56 valence electrons. The number of carbonyl (C=O) groups excluding carboxylic acids is 1. The minimum Gasteiger partial charge on any atom is -0.461 e. The van der Waals surface area contributed by atoms with Crippen molar-refractivity contribution in [3.05, 3.63) is 22.0 Å². The minimum atomic E-state index is -1.05. The lowest BCUT2D eigenvalue weighted by atomic mass is 10.5. The van der Waals surface area contributed by atoms with E-state index in [0.717, 1.165) is 7.11 Å². The molecular weight excluding hydrogens is 140 g/mol. The molecule has 0 bridgehead atoms. The number of esters is 1. The van der Waals surface area contributed by atoms with Gasteiger partial charge in [0.2, 0.25) is 0 Å². The van der Waals surface area contributed by atoms with Crippen molar-refractivity contribution in [2.75, 3.05) is 7.11 Å². The van der Waals surface area contributed by atoms with E-state index in [0.29, 0.717) is 6.20 Å². The first-order chi connectivity index (χ1) is 4.63. The van der Waals surface area contributed by atoms with Crippen molar-refractivity contribution in [3.8, 4) is 0 Å². The molecule has 10 heavy (non-hydrogen) atoms. The van der Waals surface area contributed by atoms with Gasteiger partial charge < -0.3 is 10.5 Å². The highest BCUT2D eigenvalue weighted by Gasteiger charge is 2.20. The number of nitrogens with two attached hydrogens (primary N) is 1. The van der Waals surface area contributed by atoms with Crippen LogP contribution in [0.2, 0.25) is 0 Å². The Bertz CT molecular complexity index is 186. The molecule has 0 aliphatic heterocycles. The van der Waals surface area contributed by atoms with Gasteiger partial charge in [-0.05, 0) is 0 Å². The molecule has 0 radical (unpaired) electrons. The summed E-state index contributed by atoms with van der Waals surface area (Å²) in [6.45, 7) is 0. The third-order valence-corrected chi connectivity index (χ3v) is 0.749. The fourth-order valence-corrected chi connectivity index (χ4v) is 0.308. The normalized spacial score (nSPS) is 10.7. The van der Waals surface area contributed by atoms with E-state index in [1.165, 1.54) is 0 Å². The molecule has 0 atom stereocenters. The van der Waals surface area contributed by atoms with Crippen LogP contribution in [0.15, 0.2) is 11.9 Å². The van der Waals surface area contributed by atoms with Crippen LogP contribution in [0.5, 0.6) is 0 Å². The van der Waals surface area contributed by atoms with Crippen LogP contribution < -0.4 is 5.73 Å². The maximum absolute atomic E-state index is 10.4. The van der Waals surface area contributed by atoms with Gasteiger partial charge in [0.1, 0.15) is 0 Å². The molecule has 0 aliphatic carbocycles. The fraction of sp³-hybridized carbons (Fsp3) is 0.250. The van der Waals surface area contributed by atoms with Crippen molar-refractivity contribution in [3.63, 3.8) is 0 Å². The van der Waals surface area contributed by atoms with Crippen LogP contribution in [0.1, 0.15) is 0 Å². The zero-order valence-electron chi connectivity index (χ0n) is 5.23. The second-order valence-electron chi connectivity index (χ2n) is 1.30. The lowest BCUT2D eigenvalue weighted by Crippen LogP contribution is -2.14. The Balaban J connectivity index is 4.39. The molecule has 0 aromatic heterocycles. The molecule has 0 unspecified atom stereocenters. The Morgan fingerprint density at radius 3 is 2.40 bits per heavy atom. The van der Waals surface area contributed by atoms with E-state index >= 15 is 0 Å². The highest BCUT2D eigenvalue weighted by molar-refractivity contribution is 5.85. The van der Waals surface area contributed by atoms with Gasteiger partial charge in [-0.3, -0.25) is 10.1 Å². The van der Waals surface area contributed by atoms with Gasteiger partial charge in [0, 0.05) is 0 Å². The molecule has 0 saturated heterocycles. The van der Waals surface area contributed by atoms with Gasteiger partial charge in [-0.25, -0.2) is 4.79 Å². The van der Waals surface area contributed by atoms with Crippen molar-refractivity contribution in [2.24, 2.45) is 5.73 Å². The van der Waals surface area contributed by atoms with Crippen LogP contribution in [0.4, 0.5) is 0 Å². The van der Waals surface area contributed by atoms with Gasteiger partial charge in [0.15, 0.2) is 0 Å². The standard InChI is InChI=1S/C4H6N2O4/c1-10-4(7)3(2-5)6(8)9/h2H,5H2,1H3/b3-2+. The van der Waals surface area contributed by atoms with E-state index in [2.05, 4.69) is 4.74 Å². The van der Waals surface area contributed by atoms with E-state index in [9.17, 15) is 14.9 Å². The molecule has 0 spiro atoms. The van der Waals surface area contributed by atoms with Crippen molar-refractivity contribution in [1.29, 1.82) is 0 Å². The number of ether oxygens (including phenoxy) is 1. The third-order valence-electron chi connectivity index (χ3n) is 0.749. The first kappa shape index (κ1) is 8.41. The Morgan fingerprint density at radius 2 is 2.30 bits per heavy atom. The van der Waals surface area contributed by atoms with Gasteiger partial charge >= 0.3 is 11.7 Å². The Kier molecular flexibility index (Phi) is 2.89. The number of methoxy groups -OCH3 is 1. The van der Waals surface area contributed by atoms with Gasteiger partial charge in [-0.2, -0.15) is 0 Å². The lowest BCUT2D eigenvalue weighted by Gasteiger charge is -1.92. The Hall–Kier alpha value is -1.59. The first-order valence-electron chi connectivity index (χ1n) is 2.28. The number of rotatable bonds is 2. The summed E-state index contributed by atoms with van der Waals surface area (Å²) in [7, 11) is 1.04. The maximum Gasteiger partial charge on any atom is 0.411 e. The smallest absolute Gasteiger partial charge is 0.411 e. The molecular formula is C4H6N2O4. The van der Waals surface area contributed by atoms with Crippen LogP contribution in [0.25, 0.3) is 0 Å². The molecule has 0 aliphatic rings. The first-order valence-corrected chi connectivity index (χ1v) is 2.28. The second kappa shape index (κ2) is 3.44. The van der Waals surface area contributed by atoms with Crippen LogP contribution in [0.3, 0.4) is 0 Å². The van der Waals surface area contributed by atoms with Gasteiger partial charge in [0.25, 0.3) is 0 Å².